The monoisotopic (exact) mass is 976 g/mol. The zero-order chi connectivity index (χ0) is 50.5. The largest absolute Gasteiger partial charge is 0.368 e. The Morgan fingerprint density at radius 2 is 0.583 bits per heavy atom. The summed E-state index contributed by atoms with van der Waals surface area (Å²) in [6.07, 6.45) is 3.38. The molecule has 0 radical (unpaired) electrons. The summed E-state index contributed by atoms with van der Waals surface area (Å²) in [5.74, 6) is 1.17. The number of hydrogen-bond acceptors (Lipinski definition) is 6. The van der Waals surface area contributed by atoms with Crippen molar-refractivity contribution >= 4 is 0 Å². The Kier molecular flexibility index (Phi) is 14.7. The molecule has 0 unspecified atom stereocenters. The molecule has 6 aromatic carbocycles. The van der Waals surface area contributed by atoms with Crippen LogP contribution in [0.15, 0.2) is 127 Å². The molecule has 9 heteroatoms. The van der Waals surface area contributed by atoms with Gasteiger partial charge in [-0.05, 0) is 165 Å². The van der Waals surface area contributed by atoms with Crippen molar-refractivity contribution in [1.82, 2.24) is 14.7 Å². The summed E-state index contributed by atoms with van der Waals surface area (Å²) in [5, 5.41) is 0. The lowest BCUT2D eigenvalue weighted by Crippen LogP contribution is -2.25. The predicted octanol–water partition coefficient (Wildman–Crippen LogP) is 13.4. The maximum Gasteiger partial charge on any atom is 0.123 e. The Balaban J connectivity index is 0.000000124. The van der Waals surface area contributed by atoms with Gasteiger partial charge in [-0.1, -0.05) is 112 Å². The zero-order valence-electron chi connectivity index (χ0n) is 43.5. The summed E-state index contributed by atoms with van der Waals surface area (Å²) < 4.78 is 61.3. The van der Waals surface area contributed by atoms with Gasteiger partial charge in [-0.3, -0.25) is 0 Å². The number of ether oxygens (including phenoxy) is 3. The maximum atomic E-state index is 14.0. The third-order valence-corrected chi connectivity index (χ3v) is 16.4. The van der Waals surface area contributed by atoms with E-state index in [0.717, 1.165) is 55.6 Å². The Bertz CT molecular complexity index is 2580. The van der Waals surface area contributed by atoms with Gasteiger partial charge in [0.05, 0.1) is 36.6 Å². The van der Waals surface area contributed by atoms with E-state index in [1.54, 1.807) is 36.4 Å². The fourth-order valence-electron chi connectivity index (χ4n) is 13.4. The highest BCUT2D eigenvalue weighted by atomic mass is 19.1. The first kappa shape index (κ1) is 50.4. The molecule has 3 heterocycles. The molecule has 378 valence electrons. The molecule has 3 fully saturated rings. The first-order valence-electron chi connectivity index (χ1n) is 26.2. The molecular formula is C63H72F3N3O3. The summed E-state index contributed by atoms with van der Waals surface area (Å²) in [5.41, 5.74) is 14.9. The van der Waals surface area contributed by atoms with E-state index in [0.29, 0.717) is 17.8 Å². The smallest absolute Gasteiger partial charge is 0.123 e. The number of halogens is 3. The average molecular weight is 976 g/mol. The molecule has 0 amide bonds. The average Bonchev–Trinajstić information content (AvgIpc) is 4.06. The molecule has 0 spiro atoms. The molecule has 3 aliphatic heterocycles. The van der Waals surface area contributed by atoms with Crippen LogP contribution < -0.4 is 0 Å². The van der Waals surface area contributed by atoms with E-state index < -0.39 is 0 Å². The van der Waals surface area contributed by atoms with Crippen LogP contribution in [0, 0.1) is 17.5 Å². The van der Waals surface area contributed by atoms with Gasteiger partial charge in [0.25, 0.3) is 0 Å². The van der Waals surface area contributed by atoms with Crippen LogP contribution in [-0.4, -0.2) is 94.9 Å². The van der Waals surface area contributed by atoms with Crippen LogP contribution in [0.5, 0.6) is 0 Å². The topological polar surface area (TPSA) is 37.4 Å². The molecule has 0 saturated carbocycles. The van der Waals surface area contributed by atoms with Crippen molar-refractivity contribution in [3.63, 3.8) is 0 Å². The molecule has 3 saturated heterocycles. The first-order valence-corrected chi connectivity index (χ1v) is 26.2. The Morgan fingerprint density at radius 1 is 0.347 bits per heavy atom. The highest BCUT2D eigenvalue weighted by molar-refractivity contribution is 5.51. The molecule has 0 aromatic heterocycles. The fourth-order valence-corrected chi connectivity index (χ4v) is 13.4. The second-order valence-electron chi connectivity index (χ2n) is 22.2. The highest BCUT2D eigenvalue weighted by Crippen LogP contribution is 2.55. The summed E-state index contributed by atoms with van der Waals surface area (Å²) in [7, 11) is 12.4. The van der Waals surface area contributed by atoms with Gasteiger partial charge in [0.15, 0.2) is 0 Å². The van der Waals surface area contributed by atoms with Crippen molar-refractivity contribution in [2.45, 2.75) is 112 Å². The van der Waals surface area contributed by atoms with E-state index in [4.69, 9.17) is 14.2 Å². The molecule has 12 rings (SSSR count). The van der Waals surface area contributed by atoms with Gasteiger partial charge in [0, 0.05) is 55.1 Å². The third kappa shape index (κ3) is 9.98. The molecular weight excluding hydrogens is 904 g/mol. The Morgan fingerprint density at radius 3 is 0.833 bits per heavy atom. The first-order chi connectivity index (χ1) is 34.6. The lowest BCUT2D eigenvalue weighted by molar-refractivity contribution is 0.0268. The summed E-state index contributed by atoms with van der Waals surface area (Å²) in [4.78, 5) is 6.49. The van der Waals surface area contributed by atoms with Crippen LogP contribution in [0.3, 0.4) is 0 Å². The minimum Gasteiger partial charge on any atom is -0.368 e. The van der Waals surface area contributed by atoms with Crippen molar-refractivity contribution in [1.29, 1.82) is 0 Å². The Labute approximate surface area is 426 Å². The lowest BCUT2D eigenvalue weighted by atomic mass is 9.86. The van der Waals surface area contributed by atoms with E-state index >= 15 is 0 Å². The van der Waals surface area contributed by atoms with Crippen LogP contribution in [-0.2, 0) is 14.2 Å². The van der Waals surface area contributed by atoms with Gasteiger partial charge in [0.1, 0.15) is 17.5 Å². The number of nitrogens with zero attached hydrogens (tertiary/aromatic N) is 3. The number of fused-ring (bicyclic) bond motifs is 15. The van der Waals surface area contributed by atoms with Crippen LogP contribution in [0.25, 0.3) is 0 Å². The quantitative estimate of drug-likeness (QED) is 0.166. The van der Waals surface area contributed by atoms with E-state index in [-0.39, 0.29) is 71.8 Å². The maximum absolute atomic E-state index is 14.0. The number of hydrogen-bond donors (Lipinski definition) is 0. The molecule has 3 aliphatic carbocycles. The number of benzene rings is 6. The van der Waals surface area contributed by atoms with Crippen molar-refractivity contribution in [3.05, 3.63) is 212 Å². The zero-order valence-corrected chi connectivity index (χ0v) is 43.5. The minimum atomic E-state index is -0.176. The molecule has 0 bridgehead atoms. The third-order valence-electron chi connectivity index (χ3n) is 16.4. The second-order valence-corrected chi connectivity index (χ2v) is 22.2. The Hall–Kier alpha value is -5.13. The molecule has 12 atom stereocenters. The van der Waals surface area contributed by atoms with Crippen LogP contribution in [0.4, 0.5) is 13.2 Å². The van der Waals surface area contributed by atoms with Gasteiger partial charge in [-0.25, -0.2) is 13.2 Å². The van der Waals surface area contributed by atoms with Crippen LogP contribution in [0.1, 0.15) is 161 Å². The van der Waals surface area contributed by atoms with Crippen molar-refractivity contribution < 1.29 is 27.4 Å². The van der Waals surface area contributed by atoms with Gasteiger partial charge in [-0.15, -0.1) is 0 Å². The van der Waals surface area contributed by atoms with Crippen LogP contribution >= 0.6 is 0 Å². The van der Waals surface area contributed by atoms with E-state index in [1.165, 1.54) is 50.1 Å². The fraction of sp³-hybridized carbons (Fsp3) is 0.429. The molecule has 0 N–H and O–H groups in total. The van der Waals surface area contributed by atoms with E-state index in [2.05, 4.69) is 151 Å². The highest BCUT2D eigenvalue weighted by Gasteiger charge is 2.45. The summed E-state index contributed by atoms with van der Waals surface area (Å²) in [6, 6.07) is 41.6. The van der Waals surface area contributed by atoms with Gasteiger partial charge >= 0.3 is 0 Å². The van der Waals surface area contributed by atoms with Crippen LogP contribution in [0.2, 0.25) is 0 Å². The molecule has 72 heavy (non-hydrogen) atoms. The number of likely N-dealkylation sites (N-methyl/N-ethyl adjacent to an activating group) is 3. The molecule has 6 aliphatic rings. The summed E-state index contributed by atoms with van der Waals surface area (Å²) >= 11 is 0. The van der Waals surface area contributed by atoms with Gasteiger partial charge in [-0.2, -0.15) is 0 Å². The lowest BCUT2D eigenvalue weighted by Gasteiger charge is -2.21. The summed E-state index contributed by atoms with van der Waals surface area (Å²) in [6.45, 7) is 9.34. The van der Waals surface area contributed by atoms with E-state index in [1.807, 2.05) is 18.2 Å². The predicted molar refractivity (Wildman–Crippen MR) is 282 cm³/mol. The standard InChI is InChI=1S/3C21H24FNO/c3*1-13-16-6-4-5-7-18(16)20-11-15(12-23(2)3)24-21(20)19-10-14(22)8-9-17(13)19/h3*4-10,13,15,20-21H,11-12H2,1-3H3/t13-,15+,20+,21+;2*13-,15-,20-,21-/m011/s1. The van der Waals surface area contributed by atoms with Gasteiger partial charge in [0.2, 0.25) is 0 Å². The minimum absolute atomic E-state index is 0.0493. The normalized spacial score (nSPS) is 28.2. The van der Waals surface area contributed by atoms with Crippen molar-refractivity contribution in [2.24, 2.45) is 0 Å². The van der Waals surface area contributed by atoms with Crippen molar-refractivity contribution in [2.75, 3.05) is 61.9 Å². The van der Waals surface area contributed by atoms with Crippen molar-refractivity contribution in [3.8, 4) is 0 Å². The SMILES string of the molecule is C[C@@H]1c2ccccc2[C@H]2C[C@H](CN(C)C)O[C@@H]2c2cc(F)ccc21.C[C@@H]1c2ccccc2[C@H]2C[C@H](CN(C)C)O[C@@H]2c2cc(F)ccc21.C[C@H]1c2ccccc2[C@H]2C[C@H](CN(C)C)O[C@@H]2c2cc(F)ccc21. The molecule has 6 aromatic rings. The molecule has 6 nitrogen and oxygen atoms in total. The second kappa shape index (κ2) is 21.0. The van der Waals surface area contributed by atoms with E-state index in [9.17, 15) is 13.2 Å². The number of rotatable bonds is 6. The van der Waals surface area contributed by atoms with Gasteiger partial charge < -0.3 is 28.9 Å².